The fourth-order valence-electron chi connectivity index (χ4n) is 4.09. The minimum absolute atomic E-state index is 0.0766. The second-order valence-electron chi connectivity index (χ2n) is 10.4. The van der Waals surface area contributed by atoms with Gasteiger partial charge < -0.3 is 20.5 Å². The van der Waals surface area contributed by atoms with Crippen LogP contribution < -0.4 is 26.1 Å². The fraction of sp³-hybridized carbons (Fsp3) is 0.484. The maximum Gasteiger partial charge on any atom is 0.411 e. The number of nitrogens with one attached hydrogen (secondary N) is 3. The minimum atomic E-state index is -0.735. The molecule has 14 heteroatoms. The average molecular weight is 631 g/mol. The molecule has 0 saturated carbocycles. The topological polar surface area (TPSA) is 162 Å². The van der Waals surface area contributed by atoms with E-state index in [1.807, 2.05) is 19.9 Å². The van der Waals surface area contributed by atoms with Crippen LogP contribution in [0.2, 0.25) is 0 Å². The van der Waals surface area contributed by atoms with Gasteiger partial charge in [0.15, 0.2) is 0 Å². The first-order valence-electron chi connectivity index (χ1n) is 14.8. The van der Waals surface area contributed by atoms with Crippen LogP contribution in [0, 0.1) is 13.8 Å². The summed E-state index contributed by atoms with van der Waals surface area (Å²) >= 11 is 0. The molecule has 0 fully saturated rings. The lowest BCUT2D eigenvalue weighted by Gasteiger charge is -2.27. The van der Waals surface area contributed by atoms with Gasteiger partial charge in [-0.25, -0.2) is 4.79 Å². The lowest BCUT2D eigenvalue weighted by molar-refractivity contribution is -0.128. The molecule has 2 aromatic carbocycles. The Labute approximate surface area is 264 Å². The first-order chi connectivity index (χ1) is 21.4. The number of hydrogen-bond donors (Lipinski definition) is 4. The zero-order valence-electron chi connectivity index (χ0n) is 27.1. The van der Waals surface area contributed by atoms with Crippen LogP contribution in [-0.2, 0) is 28.8 Å². The van der Waals surface area contributed by atoms with E-state index in [1.54, 1.807) is 63.1 Å². The first kappa shape index (κ1) is 37.1. The molecule has 0 aliphatic rings. The monoisotopic (exact) mass is 630 g/mol. The van der Waals surface area contributed by atoms with E-state index >= 15 is 0 Å². The van der Waals surface area contributed by atoms with Crippen molar-refractivity contribution < 1.29 is 38.7 Å². The van der Waals surface area contributed by atoms with Crippen molar-refractivity contribution in [2.45, 2.75) is 60.0 Å². The highest BCUT2D eigenvalue weighted by atomic mass is 16.7. The second kappa shape index (κ2) is 18.7. The zero-order valence-corrected chi connectivity index (χ0v) is 27.1. The lowest BCUT2D eigenvalue weighted by atomic mass is 10.1. The number of ether oxygens (including phenoxy) is 1. The molecule has 248 valence electrons. The SMILES string of the molecule is CCCC(=O)Nc1ccc(C)c(N(OCN(C)CNCC(C)OC(=O)Nc2cc(N(OC)C(=O)CO)ccc2C)C(=O)CC)c1. The number of rotatable bonds is 17. The largest absolute Gasteiger partial charge is 0.445 e. The lowest BCUT2D eigenvalue weighted by Crippen LogP contribution is -2.41. The summed E-state index contributed by atoms with van der Waals surface area (Å²) in [5, 5.41) is 20.0. The van der Waals surface area contributed by atoms with E-state index in [0.717, 1.165) is 22.6 Å². The van der Waals surface area contributed by atoms with Gasteiger partial charge in [0, 0.05) is 30.8 Å². The predicted molar refractivity (Wildman–Crippen MR) is 171 cm³/mol. The number of hydroxylamine groups is 2. The van der Waals surface area contributed by atoms with Crippen LogP contribution in [0.5, 0.6) is 0 Å². The van der Waals surface area contributed by atoms with Gasteiger partial charge >= 0.3 is 6.09 Å². The Hall–Kier alpha value is -4.08. The fourth-order valence-corrected chi connectivity index (χ4v) is 4.09. The third-order valence-electron chi connectivity index (χ3n) is 6.48. The van der Waals surface area contributed by atoms with Crippen molar-refractivity contribution in [1.29, 1.82) is 0 Å². The molecule has 2 aromatic rings. The molecule has 0 radical (unpaired) electrons. The van der Waals surface area contributed by atoms with Crippen LogP contribution in [-0.4, -0.2) is 80.6 Å². The van der Waals surface area contributed by atoms with Gasteiger partial charge in [-0.3, -0.25) is 34.3 Å². The molecule has 2 rings (SSSR count). The van der Waals surface area contributed by atoms with Crippen LogP contribution >= 0.6 is 0 Å². The maximum atomic E-state index is 12.8. The van der Waals surface area contributed by atoms with Gasteiger partial charge in [-0.1, -0.05) is 26.0 Å². The number of carbonyl (C=O) groups is 4. The van der Waals surface area contributed by atoms with Crippen molar-refractivity contribution in [2.75, 3.05) is 61.5 Å². The van der Waals surface area contributed by atoms with Gasteiger partial charge in [-0.15, -0.1) is 0 Å². The van der Waals surface area contributed by atoms with E-state index in [4.69, 9.17) is 19.5 Å². The van der Waals surface area contributed by atoms with Crippen LogP contribution in [0.4, 0.5) is 27.5 Å². The molecular formula is C31H46N6O8. The summed E-state index contributed by atoms with van der Waals surface area (Å²) in [6.45, 7) is 9.08. The van der Waals surface area contributed by atoms with E-state index < -0.39 is 24.7 Å². The normalized spacial score (nSPS) is 11.6. The van der Waals surface area contributed by atoms with Gasteiger partial charge in [-0.05, 0) is 69.6 Å². The molecule has 45 heavy (non-hydrogen) atoms. The van der Waals surface area contributed by atoms with E-state index in [9.17, 15) is 19.2 Å². The Balaban J connectivity index is 1.90. The Bertz CT molecular complexity index is 1310. The van der Waals surface area contributed by atoms with Gasteiger partial charge in [0.25, 0.3) is 11.8 Å². The summed E-state index contributed by atoms with van der Waals surface area (Å²) in [7, 11) is 3.10. The van der Waals surface area contributed by atoms with E-state index in [-0.39, 0.29) is 25.0 Å². The highest BCUT2D eigenvalue weighted by molar-refractivity contribution is 5.95. The molecule has 0 aromatic heterocycles. The summed E-state index contributed by atoms with van der Waals surface area (Å²) in [6, 6.07) is 10.2. The van der Waals surface area contributed by atoms with Crippen LogP contribution in [0.25, 0.3) is 0 Å². The second-order valence-corrected chi connectivity index (χ2v) is 10.4. The molecule has 1 atom stereocenters. The standard InChI is InChI=1S/C31H46N6O8/c1-8-10-28(39)33-24-13-11-22(4)27(15-24)37(29(40)9-2)44-20-35(6)19-32-17-23(5)45-31(42)34-26-16-25(14-12-21(26)3)36(43-7)30(41)18-38/h11-16,23,32,38H,8-10,17-20H2,1-7H3,(H,33,39)(H,34,42). The zero-order chi connectivity index (χ0) is 33.5. The Morgan fingerprint density at radius 2 is 1.67 bits per heavy atom. The average Bonchev–Trinajstić information content (AvgIpc) is 3.00. The molecule has 4 N–H and O–H groups in total. The van der Waals surface area contributed by atoms with Crippen molar-refractivity contribution in [3.63, 3.8) is 0 Å². The van der Waals surface area contributed by atoms with E-state index in [0.29, 0.717) is 42.4 Å². The molecule has 1 unspecified atom stereocenters. The van der Waals surface area contributed by atoms with Gasteiger partial charge in [0.05, 0.1) is 25.2 Å². The molecule has 0 bridgehead atoms. The Morgan fingerprint density at radius 1 is 0.956 bits per heavy atom. The number of benzene rings is 2. The van der Waals surface area contributed by atoms with Gasteiger partial charge in [0.2, 0.25) is 5.91 Å². The predicted octanol–water partition coefficient (Wildman–Crippen LogP) is 3.68. The minimum Gasteiger partial charge on any atom is -0.445 e. The quantitative estimate of drug-likeness (QED) is 0.150. The highest BCUT2D eigenvalue weighted by Gasteiger charge is 2.20. The van der Waals surface area contributed by atoms with Crippen LogP contribution in [0.1, 0.15) is 51.2 Å². The van der Waals surface area contributed by atoms with Crippen LogP contribution in [0.3, 0.4) is 0 Å². The number of amides is 4. The number of aliphatic hydroxyl groups excluding tert-OH is 1. The number of hydrogen-bond acceptors (Lipinski definition) is 10. The molecule has 0 aliphatic carbocycles. The number of aryl methyl sites for hydroxylation is 2. The summed E-state index contributed by atoms with van der Waals surface area (Å²) in [5.41, 5.74) is 3.41. The highest BCUT2D eigenvalue weighted by Crippen LogP contribution is 2.26. The third kappa shape index (κ3) is 11.7. The molecule has 0 saturated heterocycles. The molecular weight excluding hydrogens is 584 g/mol. The number of carbonyl (C=O) groups excluding carboxylic acids is 4. The molecule has 0 aliphatic heterocycles. The number of anilines is 4. The first-order valence-corrected chi connectivity index (χ1v) is 14.8. The number of aliphatic hydroxyl groups is 1. The van der Waals surface area contributed by atoms with Crippen LogP contribution in [0.15, 0.2) is 36.4 Å². The molecule has 0 spiro atoms. The van der Waals surface area contributed by atoms with Crippen molar-refractivity contribution in [2.24, 2.45) is 0 Å². The Morgan fingerprint density at radius 3 is 2.31 bits per heavy atom. The van der Waals surface area contributed by atoms with Crippen molar-refractivity contribution in [1.82, 2.24) is 10.2 Å². The summed E-state index contributed by atoms with van der Waals surface area (Å²) < 4.78 is 5.46. The van der Waals surface area contributed by atoms with Crippen molar-refractivity contribution >= 4 is 46.6 Å². The van der Waals surface area contributed by atoms with E-state index in [1.165, 1.54) is 12.2 Å². The molecule has 14 nitrogen and oxygen atoms in total. The number of nitrogens with zero attached hydrogens (tertiary/aromatic N) is 3. The van der Waals surface area contributed by atoms with Crippen molar-refractivity contribution in [3.05, 3.63) is 47.5 Å². The van der Waals surface area contributed by atoms with Gasteiger partial charge in [-0.2, -0.15) is 10.1 Å². The summed E-state index contributed by atoms with van der Waals surface area (Å²) in [6.07, 6.45) is 0.169. The van der Waals surface area contributed by atoms with E-state index in [2.05, 4.69) is 16.0 Å². The summed E-state index contributed by atoms with van der Waals surface area (Å²) in [5.74, 6) is -0.996. The van der Waals surface area contributed by atoms with Gasteiger partial charge in [0.1, 0.15) is 19.4 Å². The third-order valence-corrected chi connectivity index (χ3v) is 6.48. The molecule has 0 heterocycles. The molecule has 4 amide bonds. The van der Waals surface area contributed by atoms with Crippen molar-refractivity contribution in [3.8, 4) is 0 Å². The maximum absolute atomic E-state index is 12.8. The smallest absolute Gasteiger partial charge is 0.411 e. The summed E-state index contributed by atoms with van der Waals surface area (Å²) in [4.78, 5) is 62.1. The Kier molecular flexibility index (Phi) is 15.4.